The number of benzene rings is 1. The molecule has 1 aliphatic heterocycles. The summed E-state index contributed by atoms with van der Waals surface area (Å²) in [6.45, 7) is 18.2. The summed E-state index contributed by atoms with van der Waals surface area (Å²) >= 11 is 0. The van der Waals surface area contributed by atoms with Gasteiger partial charge in [-0.1, -0.05) is 62.9 Å². The number of rotatable bonds is 6. The summed E-state index contributed by atoms with van der Waals surface area (Å²) in [5.74, 6) is 6.02. The predicted octanol–water partition coefficient (Wildman–Crippen LogP) is 4.88. The summed E-state index contributed by atoms with van der Waals surface area (Å²) in [7, 11) is -1.79. The molecule has 0 saturated carbocycles. The minimum atomic E-state index is -1.79. The Hall–Kier alpha value is -1.16. The Labute approximate surface area is 172 Å². The van der Waals surface area contributed by atoms with Crippen LogP contribution < -0.4 is 5.32 Å². The first-order valence-corrected chi connectivity index (χ1v) is 13.1. The molecule has 156 valence electrons. The average Bonchev–Trinajstić information content (AvgIpc) is 2.97. The SMILES string of the molecule is C[C@@H](N[C@@H](C#CCO[Si](C)(C)C(C)(C)C)[C@H]1COC(C)(C)O1)c1ccccc1. The number of nitrogens with one attached hydrogen (secondary N) is 1. The molecule has 1 aliphatic rings. The van der Waals surface area contributed by atoms with E-state index in [4.69, 9.17) is 13.9 Å². The van der Waals surface area contributed by atoms with Gasteiger partial charge in [0.25, 0.3) is 0 Å². The van der Waals surface area contributed by atoms with Crippen LogP contribution in [0.5, 0.6) is 0 Å². The van der Waals surface area contributed by atoms with E-state index in [1.807, 2.05) is 19.9 Å². The van der Waals surface area contributed by atoms with Crippen LogP contribution in [0, 0.1) is 11.8 Å². The van der Waals surface area contributed by atoms with E-state index in [0.717, 1.165) is 0 Å². The van der Waals surface area contributed by atoms with Crippen LogP contribution in [0.3, 0.4) is 0 Å². The maximum Gasteiger partial charge on any atom is 0.193 e. The smallest absolute Gasteiger partial charge is 0.193 e. The number of hydrogen-bond acceptors (Lipinski definition) is 4. The third-order valence-corrected chi connectivity index (χ3v) is 10.2. The fraction of sp³-hybridized carbons (Fsp3) is 0.652. The summed E-state index contributed by atoms with van der Waals surface area (Å²) in [4.78, 5) is 0. The van der Waals surface area contributed by atoms with Crippen molar-refractivity contribution in [1.29, 1.82) is 0 Å². The molecule has 0 amide bonds. The van der Waals surface area contributed by atoms with E-state index in [-0.39, 0.29) is 23.2 Å². The van der Waals surface area contributed by atoms with Gasteiger partial charge in [0.2, 0.25) is 0 Å². The van der Waals surface area contributed by atoms with Gasteiger partial charge in [-0.3, -0.25) is 5.32 Å². The zero-order valence-electron chi connectivity index (χ0n) is 18.8. The normalized spacial score (nSPS) is 21.6. The molecule has 28 heavy (non-hydrogen) atoms. The van der Waals surface area contributed by atoms with Gasteiger partial charge in [0, 0.05) is 6.04 Å². The molecule has 1 N–H and O–H groups in total. The highest BCUT2D eigenvalue weighted by atomic mass is 28.4. The van der Waals surface area contributed by atoms with Gasteiger partial charge in [0.05, 0.1) is 19.3 Å². The fourth-order valence-electron chi connectivity index (χ4n) is 2.81. The molecule has 1 aromatic rings. The first kappa shape index (κ1) is 23.1. The Morgan fingerprint density at radius 3 is 2.43 bits per heavy atom. The second kappa shape index (κ2) is 9.11. The molecule has 3 atom stereocenters. The molecular weight excluding hydrogens is 366 g/mol. The maximum absolute atomic E-state index is 6.20. The van der Waals surface area contributed by atoms with Crippen molar-refractivity contribution in [3.63, 3.8) is 0 Å². The van der Waals surface area contributed by atoms with E-state index in [1.54, 1.807) is 0 Å². The Morgan fingerprint density at radius 2 is 1.89 bits per heavy atom. The van der Waals surface area contributed by atoms with Gasteiger partial charge in [-0.2, -0.15) is 0 Å². The van der Waals surface area contributed by atoms with E-state index in [2.05, 4.69) is 82.2 Å². The number of ether oxygens (including phenoxy) is 2. The molecule has 1 aromatic carbocycles. The van der Waals surface area contributed by atoms with Crippen molar-refractivity contribution in [3.05, 3.63) is 35.9 Å². The molecule has 2 rings (SSSR count). The lowest BCUT2D eigenvalue weighted by Gasteiger charge is -2.35. The first-order chi connectivity index (χ1) is 12.9. The summed E-state index contributed by atoms with van der Waals surface area (Å²) in [6.07, 6.45) is -0.110. The van der Waals surface area contributed by atoms with E-state index < -0.39 is 14.1 Å². The molecule has 1 fully saturated rings. The lowest BCUT2D eigenvalue weighted by Crippen LogP contribution is -2.42. The molecule has 1 heterocycles. The minimum Gasteiger partial charge on any atom is -0.406 e. The van der Waals surface area contributed by atoms with Crippen molar-refractivity contribution in [2.45, 2.75) is 83.6 Å². The largest absolute Gasteiger partial charge is 0.406 e. The van der Waals surface area contributed by atoms with Gasteiger partial charge < -0.3 is 13.9 Å². The highest BCUT2D eigenvalue weighted by Gasteiger charge is 2.38. The fourth-order valence-corrected chi connectivity index (χ4v) is 3.68. The molecule has 0 aliphatic carbocycles. The first-order valence-electron chi connectivity index (χ1n) is 10.2. The van der Waals surface area contributed by atoms with Crippen molar-refractivity contribution in [2.75, 3.05) is 13.2 Å². The molecule has 0 spiro atoms. The topological polar surface area (TPSA) is 39.7 Å². The van der Waals surface area contributed by atoms with E-state index in [9.17, 15) is 0 Å². The van der Waals surface area contributed by atoms with Crippen LogP contribution in [0.15, 0.2) is 30.3 Å². The lowest BCUT2D eigenvalue weighted by atomic mass is 10.1. The van der Waals surface area contributed by atoms with Gasteiger partial charge in [-0.15, -0.1) is 0 Å². The Bertz CT molecular complexity index is 685. The third kappa shape index (κ3) is 6.43. The van der Waals surface area contributed by atoms with Crippen LogP contribution in [0.25, 0.3) is 0 Å². The van der Waals surface area contributed by atoms with Crippen molar-refractivity contribution in [3.8, 4) is 11.8 Å². The van der Waals surface area contributed by atoms with Gasteiger partial charge in [-0.05, 0) is 44.5 Å². The molecule has 1 saturated heterocycles. The van der Waals surface area contributed by atoms with E-state index >= 15 is 0 Å². The highest BCUT2D eigenvalue weighted by Crippen LogP contribution is 2.36. The molecule has 0 radical (unpaired) electrons. The second-order valence-electron chi connectivity index (χ2n) is 9.51. The second-order valence-corrected chi connectivity index (χ2v) is 14.3. The predicted molar refractivity (Wildman–Crippen MR) is 118 cm³/mol. The zero-order valence-corrected chi connectivity index (χ0v) is 19.8. The molecule has 0 bridgehead atoms. The highest BCUT2D eigenvalue weighted by molar-refractivity contribution is 6.74. The van der Waals surface area contributed by atoms with Crippen molar-refractivity contribution < 1.29 is 13.9 Å². The van der Waals surface area contributed by atoms with Crippen molar-refractivity contribution in [1.82, 2.24) is 5.32 Å². The van der Waals surface area contributed by atoms with Crippen LogP contribution in [-0.2, 0) is 13.9 Å². The summed E-state index contributed by atoms with van der Waals surface area (Å²) in [5.41, 5.74) is 1.23. The minimum absolute atomic E-state index is 0.110. The van der Waals surface area contributed by atoms with Gasteiger partial charge in [0.1, 0.15) is 6.10 Å². The van der Waals surface area contributed by atoms with Crippen LogP contribution in [-0.4, -0.2) is 39.5 Å². The van der Waals surface area contributed by atoms with Gasteiger partial charge in [0.15, 0.2) is 14.1 Å². The monoisotopic (exact) mass is 403 g/mol. The molecule has 0 unspecified atom stereocenters. The van der Waals surface area contributed by atoms with Crippen molar-refractivity contribution in [2.24, 2.45) is 0 Å². The summed E-state index contributed by atoms with van der Waals surface area (Å²) in [5, 5.41) is 3.80. The molecule has 5 heteroatoms. The van der Waals surface area contributed by atoms with Gasteiger partial charge in [-0.25, -0.2) is 0 Å². The summed E-state index contributed by atoms with van der Waals surface area (Å²) in [6, 6.07) is 10.4. The standard InChI is InChI=1S/C23H37NO3Si/c1-18(19-13-10-9-11-14-19)24-20(21-17-25-23(5,6)27-21)15-12-16-26-28(7,8)22(2,3)4/h9-11,13-14,18,20-21,24H,16-17H2,1-8H3/t18-,20+,21-/m1/s1. The molecule has 4 nitrogen and oxygen atoms in total. The van der Waals surface area contributed by atoms with Crippen LogP contribution >= 0.6 is 0 Å². The third-order valence-electron chi connectivity index (χ3n) is 5.70. The average molecular weight is 404 g/mol. The van der Waals surface area contributed by atoms with Crippen LogP contribution in [0.4, 0.5) is 0 Å². The van der Waals surface area contributed by atoms with E-state index in [0.29, 0.717) is 13.2 Å². The zero-order chi connectivity index (χ0) is 21.0. The molecule has 0 aromatic heterocycles. The number of hydrogen-bond donors (Lipinski definition) is 1. The maximum atomic E-state index is 6.20. The lowest BCUT2D eigenvalue weighted by molar-refractivity contribution is -0.140. The van der Waals surface area contributed by atoms with Crippen LogP contribution in [0.2, 0.25) is 18.1 Å². The van der Waals surface area contributed by atoms with Crippen molar-refractivity contribution >= 4 is 8.32 Å². The van der Waals surface area contributed by atoms with E-state index in [1.165, 1.54) is 5.56 Å². The Kier molecular flexibility index (Phi) is 7.52. The quantitative estimate of drug-likeness (QED) is 0.543. The Balaban J connectivity index is 2.07. The Morgan fingerprint density at radius 1 is 1.25 bits per heavy atom. The summed E-state index contributed by atoms with van der Waals surface area (Å²) < 4.78 is 18.1. The van der Waals surface area contributed by atoms with Gasteiger partial charge >= 0.3 is 0 Å². The van der Waals surface area contributed by atoms with Crippen LogP contribution in [0.1, 0.15) is 53.1 Å². The molecular formula is C23H37NO3Si.